The lowest BCUT2D eigenvalue weighted by molar-refractivity contribution is 0.415. The number of rotatable bonds is 5. The fourth-order valence-electron chi connectivity index (χ4n) is 2.56. The largest absolute Gasteiger partial charge is 0.497 e. The normalized spacial score (nSPS) is 10.3. The summed E-state index contributed by atoms with van der Waals surface area (Å²) in [6.45, 7) is 7.79. The maximum atomic E-state index is 5.20. The molecule has 1 heterocycles. The lowest BCUT2D eigenvalue weighted by Crippen LogP contribution is -1.99. The van der Waals surface area contributed by atoms with E-state index in [4.69, 9.17) is 4.74 Å². The Morgan fingerprint density at radius 1 is 1.00 bits per heavy atom. The maximum absolute atomic E-state index is 5.20. The van der Waals surface area contributed by atoms with Crippen molar-refractivity contribution in [2.75, 3.05) is 12.4 Å². The summed E-state index contributed by atoms with van der Waals surface area (Å²) in [5.74, 6) is 0.825. The quantitative estimate of drug-likeness (QED) is 0.697. The number of hydrogen-bond acceptors (Lipinski definition) is 3. The highest BCUT2D eigenvalue weighted by atomic mass is 16.5. The molecule has 0 bridgehead atoms. The standard InChI is InChI=1S/C20H18N2O/c1-4-16-18(5-2)22-19-9-7-6-8-17(19)20(16)21-14-10-12-15(23-3)13-11-14/h4-13H,1-2H2,3H3,(H,21,22). The lowest BCUT2D eigenvalue weighted by Gasteiger charge is -2.15. The van der Waals surface area contributed by atoms with Crippen LogP contribution in [0.1, 0.15) is 11.3 Å². The van der Waals surface area contributed by atoms with Gasteiger partial charge in [0.2, 0.25) is 0 Å². The predicted molar refractivity (Wildman–Crippen MR) is 98.2 cm³/mol. The van der Waals surface area contributed by atoms with Gasteiger partial charge in [-0.1, -0.05) is 37.4 Å². The van der Waals surface area contributed by atoms with Crippen LogP contribution >= 0.6 is 0 Å². The molecule has 0 aliphatic carbocycles. The molecule has 3 rings (SSSR count). The minimum absolute atomic E-state index is 0.815. The summed E-state index contributed by atoms with van der Waals surface area (Å²) in [6, 6.07) is 15.8. The Bertz CT molecular complexity index is 867. The SMILES string of the molecule is C=Cc1nc2ccccc2c(Nc2ccc(OC)cc2)c1C=C. The predicted octanol–water partition coefficient (Wildman–Crippen LogP) is 5.27. The monoisotopic (exact) mass is 302 g/mol. The van der Waals surface area contributed by atoms with Gasteiger partial charge in [-0.15, -0.1) is 0 Å². The van der Waals surface area contributed by atoms with Crippen LogP contribution in [0.15, 0.2) is 61.7 Å². The second-order valence-corrected chi connectivity index (χ2v) is 5.06. The number of methoxy groups -OCH3 is 1. The maximum Gasteiger partial charge on any atom is 0.119 e. The number of benzene rings is 2. The number of para-hydroxylation sites is 1. The van der Waals surface area contributed by atoms with Crippen LogP contribution in [0, 0.1) is 0 Å². The molecule has 0 saturated heterocycles. The van der Waals surface area contributed by atoms with Crippen molar-refractivity contribution in [1.82, 2.24) is 4.98 Å². The summed E-state index contributed by atoms with van der Waals surface area (Å²) in [6.07, 6.45) is 3.56. The van der Waals surface area contributed by atoms with E-state index in [0.717, 1.165) is 39.3 Å². The van der Waals surface area contributed by atoms with Gasteiger partial charge in [0.1, 0.15) is 5.75 Å². The van der Waals surface area contributed by atoms with Crippen LogP contribution in [0.25, 0.3) is 23.1 Å². The molecule has 3 heteroatoms. The number of nitrogens with zero attached hydrogens (tertiary/aromatic N) is 1. The molecule has 114 valence electrons. The van der Waals surface area contributed by atoms with Crippen molar-refractivity contribution in [3.63, 3.8) is 0 Å². The molecule has 0 radical (unpaired) electrons. The van der Waals surface area contributed by atoms with Gasteiger partial charge >= 0.3 is 0 Å². The van der Waals surface area contributed by atoms with Gasteiger partial charge in [0, 0.05) is 16.6 Å². The number of anilines is 2. The first-order valence-electron chi connectivity index (χ1n) is 7.35. The fourth-order valence-corrected chi connectivity index (χ4v) is 2.56. The zero-order valence-corrected chi connectivity index (χ0v) is 13.0. The zero-order valence-electron chi connectivity index (χ0n) is 13.0. The van der Waals surface area contributed by atoms with Crippen molar-refractivity contribution in [1.29, 1.82) is 0 Å². The molecule has 1 N–H and O–H groups in total. The Morgan fingerprint density at radius 2 is 1.74 bits per heavy atom. The average molecular weight is 302 g/mol. The highest BCUT2D eigenvalue weighted by Gasteiger charge is 2.11. The van der Waals surface area contributed by atoms with Gasteiger partial charge in [-0.2, -0.15) is 0 Å². The molecular formula is C20H18N2O. The second-order valence-electron chi connectivity index (χ2n) is 5.06. The Hall–Kier alpha value is -3.07. The van der Waals surface area contributed by atoms with E-state index in [1.54, 1.807) is 13.2 Å². The van der Waals surface area contributed by atoms with Gasteiger partial charge in [0.05, 0.1) is 24.0 Å². The summed E-state index contributed by atoms with van der Waals surface area (Å²) < 4.78 is 5.20. The highest BCUT2D eigenvalue weighted by Crippen LogP contribution is 2.32. The zero-order chi connectivity index (χ0) is 16.2. The lowest BCUT2D eigenvalue weighted by atomic mass is 10.0. The summed E-state index contributed by atoms with van der Waals surface area (Å²) in [5, 5.41) is 4.52. The van der Waals surface area contributed by atoms with E-state index in [1.807, 2.05) is 54.6 Å². The van der Waals surface area contributed by atoms with E-state index in [9.17, 15) is 0 Å². The molecule has 0 amide bonds. The van der Waals surface area contributed by atoms with Crippen LogP contribution in [0.3, 0.4) is 0 Å². The van der Waals surface area contributed by atoms with Crippen molar-refractivity contribution in [3.8, 4) is 5.75 Å². The Morgan fingerprint density at radius 3 is 2.39 bits per heavy atom. The van der Waals surface area contributed by atoms with Crippen molar-refractivity contribution >= 4 is 34.4 Å². The van der Waals surface area contributed by atoms with E-state index < -0.39 is 0 Å². The van der Waals surface area contributed by atoms with Crippen LogP contribution in [-0.2, 0) is 0 Å². The minimum Gasteiger partial charge on any atom is -0.497 e. The van der Waals surface area contributed by atoms with Crippen LogP contribution in [0.5, 0.6) is 5.75 Å². The molecular weight excluding hydrogens is 284 g/mol. The second kappa shape index (κ2) is 6.36. The summed E-state index contributed by atoms with van der Waals surface area (Å²) in [7, 11) is 1.66. The van der Waals surface area contributed by atoms with Crippen LogP contribution < -0.4 is 10.1 Å². The summed E-state index contributed by atoms with van der Waals surface area (Å²) in [5.41, 5.74) is 4.62. The highest BCUT2D eigenvalue weighted by molar-refractivity contribution is 5.99. The number of pyridine rings is 1. The molecule has 0 unspecified atom stereocenters. The number of aromatic nitrogens is 1. The van der Waals surface area contributed by atoms with Gasteiger partial charge in [0.25, 0.3) is 0 Å². The molecule has 3 aromatic rings. The van der Waals surface area contributed by atoms with Gasteiger partial charge in [-0.3, -0.25) is 0 Å². The molecule has 3 nitrogen and oxygen atoms in total. The van der Waals surface area contributed by atoms with E-state index in [0.29, 0.717) is 0 Å². The first-order valence-corrected chi connectivity index (χ1v) is 7.35. The topological polar surface area (TPSA) is 34.2 Å². The Kier molecular flexibility index (Phi) is 4.11. The third-order valence-corrected chi connectivity index (χ3v) is 3.72. The molecule has 2 aromatic carbocycles. The van der Waals surface area contributed by atoms with Crippen LogP contribution in [-0.4, -0.2) is 12.1 Å². The molecule has 0 spiro atoms. The number of hydrogen-bond donors (Lipinski definition) is 1. The number of fused-ring (bicyclic) bond motifs is 1. The molecule has 0 fully saturated rings. The van der Waals surface area contributed by atoms with E-state index >= 15 is 0 Å². The molecule has 0 atom stereocenters. The molecule has 0 aliphatic rings. The first-order chi connectivity index (χ1) is 11.3. The molecule has 1 aromatic heterocycles. The minimum atomic E-state index is 0.815. The number of ether oxygens (including phenoxy) is 1. The van der Waals surface area contributed by atoms with Crippen molar-refractivity contribution in [3.05, 3.63) is 72.9 Å². The van der Waals surface area contributed by atoms with Crippen molar-refractivity contribution < 1.29 is 4.74 Å². The van der Waals surface area contributed by atoms with E-state index in [2.05, 4.69) is 23.5 Å². The fraction of sp³-hybridized carbons (Fsp3) is 0.0500. The van der Waals surface area contributed by atoms with E-state index in [1.165, 1.54) is 0 Å². The van der Waals surface area contributed by atoms with Crippen LogP contribution in [0.2, 0.25) is 0 Å². The third-order valence-electron chi connectivity index (χ3n) is 3.72. The molecule has 23 heavy (non-hydrogen) atoms. The van der Waals surface area contributed by atoms with E-state index in [-0.39, 0.29) is 0 Å². The third kappa shape index (κ3) is 2.81. The van der Waals surface area contributed by atoms with Crippen LogP contribution in [0.4, 0.5) is 11.4 Å². The molecule has 0 saturated carbocycles. The van der Waals surface area contributed by atoms with Gasteiger partial charge in [-0.05, 0) is 36.4 Å². The Balaban J connectivity index is 2.16. The first kappa shape index (κ1) is 14.9. The average Bonchev–Trinajstić information content (AvgIpc) is 2.62. The van der Waals surface area contributed by atoms with Crippen molar-refractivity contribution in [2.24, 2.45) is 0 Å². The molecule has 0 aliphatic heterocycles. The van der Waals surface area contributed by atoms with Gasteiger partial charge in [0.15, 0.2) is 0 Å². The van der Waals surface area contributed by atoms with Gasteiger partial charge < -0.3 is 10.1 Å². The van der Waals surface area contributed by atoms with Gasteiger partial charge in [-0.25, -0.2) is 4.98 Å². The smallest absolute Gasteiger partial charge is 0.119 e. The number of nitrogens with one attached hydrogen (secondary N) is 1. The summed E-state index contributed by atoms with van der Waals surface area (Å²) >= 11 is 0. The van der Waals surface area contributed by atoms with Crippen molar-refractivity contribution in [2.45, 2.75) is 0 Å². The Labute approximate surface area is 135 Å². The summed E-state index contributed by atoms with van der Waals surface area (Å²) in [4.78, 5) is 4.64.